The molecule has 1 aliphatic carbocycles. The van der Waals surface area contributed by atoms with Crippen molar-refractivity contribution in [1.29, 1.82) is 0 Å². The van der Waals surface area contributed by atoms with Gasteiger partial charge in [0.2, 0.25) is 5.91 Å². The molecular formula is C29H34N4O6. The van der Waals surface area contributed by atoms with Crippen LogP contribution in [0.5, 0.6) is 0 Å². The van der Waals surface area contributed by atoms with E-state index >= 15 is 0 Å². The Morgan fingerprint density at radius 2 is 1.79 bits per heavy atom. The molecule has 0 radical (unpaired) electrons. The Hall–Kier alpha value is -3.66. The Labute approximate surface area is 227 Å². The van der Waals surface area contributed by atoms with Crippen LogP contribution in [0, 0.1) is 5.92 Å². The Balaban J connectivity index is 1.06. The molecule has 10 nitrogen and oxygen atoms in total. The molecule has 206 valence electrons. The number of anilines is 1. The summed E-state index contributed by atoms with van der Waals surface area (Å²) in [5.74, 6) is 0.868. The summed E-state index contributed by atoms with van der Waals surface area (Å²) in [6, 6.07) is 11.5. The Morgan fingerprint density at radius 1 is 1.03 bits per heavy atom. The second-order valence-corrected chi connectivity index (χ2v) is 11.4. The molecule has 1 aromatic carbocycles. The molecule has 1 spiro atoms. The number of hydrogen-bond donors (Lipinski definition) is 0. The third kappa shape index (κ3) is 4.71. The molecule has 4 aliphatic rings. The number of nitrogens with zero attached hydrogens (tertiary/aromatic N) is 4. The average Bonchev–Trinajstić information content (AvgIpc) is 3.58. The van der Waals surface area contributed by atoms with Crippen LogP contribution >= 0.6 is 0 Å². The second-order valence-electron chi connectivity index (χ2n) is 11.4. The van der Waals surface area contributed by atoms with Crippen LogP contribution in [0.4, 0.5) is 10.6 Å². The topological polar surface area (TPSA) is 102 Å². The Morgan fingerprint density at radius 3 is 2.49 bits per heavy atom. The van der Waals surface area contributed by atoms with Gasteiger partial charge in [-0.3, -0.25) is 4.79 Å². The van der Waals surface area contributed by atoms with E-state index in [0.29, 0.717) is 57.9 Å². The predicted octanol–water partition coefficient (Wildman–Crippen LogP) is 3.26. The van der Waals surface area contributed by atoms with Crippen molar-refractivity contribution in [2.24, 2.45) is 5.92 Å². The van der Waals surface area contributed by atoms with Crippen molar-refractivity contribution >= 4 is 23.8 Å². The molecule has 0 bridgehead atoms. The summed E-state index contributed by atoms with van der Waals surface area (Å²) >= 11 is 0. The number of hydroxylamine groups is 2. The van der Waals surface area contributed by atoms with Crippen LogP contribution in [0.15, 0.2) is 42.6 Å². The van der Waals surface area contributed by atoms with Crippen molar-refractivity contribution in [2.45, 2.75) is 44.1 Å². The number of rotatable bonds is 6. The van der Waals surface area contributed by atoms with E-state index in [1.54, 1.807) is 11.1 Å². The summed E-state index contributed by atoms with van der Waals surface area (Å²) < 4.78 is 10.9. The lowest BCUT2D eigenvalue weighted by molar-refractivity contribution is -0.134. The number of carbonyl (C=O) groups excluding carboxylic acids is 3. The number of benzene rings is 1. The van der Waals surface area contributed by atoms with E-state index in [-0.39, 0.29) is 17.8 Å². The fourth-order valence-corrected chi connectivity index (χ4v) is 5.89. The molecule has 39 heavy (non-hydrogen) atoms. The van der Waals surface area contributed by atoms with Crippen LogP contribution in [0.25, 0.3) is 0 Å². The van der Waals surface area contributed by atoms with E-state index in [0.717, 1.165) is 29.8 Å². The minimum atomic E-state index is -0.738. The molecular weight excluding hydrogens is 500 g/mol. The monoisotopic (exact) mass is 534 g/mol. The summed E-state index contributed by atoms with van der Waals surface area (Å²) in [5.41, 5.74) is 1.13. The number of amides is 1. The number of likely N-dealkylation sites (tertiary alicyclic amines) is 1. The Bertz CT molecular complexity index is 1270. The quantitative estimate of drug-likeness (QED) is 0.517. The van der Waals surface area contributed by atoms with Crippen molar-refractivity contribution in [3.63, 3.8) is 0 Å². The highest BCUT2D eigenvalue weighted by atomic mass is 16.8. The van der Waals surface area contributed by atoms with Gasteiger partial charge in [-0.15, -0.1) is 5.06 Å². The zero-order chi connectivity index (χ0) is 27.2. The standard InChI is InChI=1S/C29H34N4O6/c1-20(2)18-37-27(36)39-33-15-13-31(14-16-33)24-8-7-21(17-30-24)28(9-10-28)26(35)32-12-11-29(19-32)23-6-4-3-5-22(23)25(34)38-29/h3-8,17,20H,9-16,18-19H2,1-2H3. The van der Waals surface area contributed by atoms with Gasteiger partial charge >= 0.3 is 12.1 Å². The first kappa shape index (κ1) is 25.6. The number of piperazine rings is 1. The van der Waals surface area contributed by atoms with E-state index in [4.69, 9.17) is 19.3 Å². The smallest absolute Gasteiger partial charge is 0.449 e. The largest absolute Gasteiger partial charge is 0.527 e. The summed E-state index contributed by atoms with van der Waals surface area (Å²) in [6.07, 6.45) is 3.34. The molecule has 3 aliphatic heterocycles. The van der Waals surface area contributed by atoms with Gasteiger partial charge in [-0.05, 0) is 36.5 Å². The number of ether oxygens (including phenoxy) is 2. The lowest BCUT2D eigenvalue weighted by Gasteiger charge is -2.33. The van der Waals surface area contributed by atoms with Crippen LogP contribution in [-0.4, -0.2) is 78.9 Å². The van der Waals surface area contributed by atoms with Crippen molar-refractivity contribution in [3.05, 3.63) is 59.3 Å². The first-order chi connectivity index (χ1) is 18.8. The van der Waals surface area contributed by atoms with Crippen LogP contribution in [0.2, 0.25) is 0 Å². The first-order valence-electron chi connectivity index (χ1n) is 13.7. The zero-order valence-corrected chi connectivity index (χ0v) is 22.4. The van der Waals surface area contributed by atoms with E-state index < -0.39 is 17.2 Å². The van der Waals surface area contributed by atoms with Gasteiger partial charge in [-0.25, -0.2) is 14.6 Å². The molecule has 10 heteroatoms. The summed E-state index contributed by atoms with van der Waals surface area (Å²) in [5, 5.41) is 1.62. The van der Waals surface area contributed by atoms with Crippen molar-refractivity contribution < 1.29 is 28.7 Å². The molecule has 4 heterocycles. The van der Waals surface area contributed by atoms with Crippen molar-refractivity contribution in [2.75, 3.05) is 50.8 Å². The third-order valence-corrected chi connectivity index (χ3v) is 8.21. The molecule has 1 amide bonds. The van der Waals surface area contributed by atoms with Gasteiger partial charge < -0.3 is 24.1 Å². The Kier molecular flexibility index (Phi) is 6.45. The number of fused-ring (bicyclic) bond motifs is 2. The molecule has 1 atom stereocenters. The fourth-order valence-electron chi connectivity index (χ4n) is 5.89. The van der Waals surface area contributed by atoms with E-state index in [1.807, 2.05) is 55.3 Å². The van der Waals surface area contributed by atoms with Gasteiger partial charge in [0.1, 0.15) is 5.82 Å². The first-order valence-corrected chi connectivity index (χ1v) is 13.7. The fraction of sp³-hybridized carbons (Fsp3) is 0.517. The number of esters is 1. The van der Waals surface area contributed by atoms with Gasteiger partial charge in [-0.1, -0.05) is 38.1 Å². The maximum atomic E-state index is 13.7. The highest BCUT2D eigenvalue weighted by Gasteiger charge is 2.57. The summed E-state index contributed by atoms with van der Waals surface area (Å²) in [7, 11) is 0. The van der Waals surface area contributed by atoms with Gasteiger partial charge in [0.05, 0.1) is 37.2 Å². The van der Waals surface area contributed by atoms with Gasteiger partial charge in [0.25, 0.3) is 0 Å². The molecule has 1 aromatic heterocycles. The zero-order valence-electron chi connectivity index (χ0n) is 22.4. The van der Waals surface area contributed by atoms with Gasteiger partial charge in [0.15, 0.2) is 5.60 Å². The van der Waals surface area contributed by atoms with E-state index in [1.165, 1.54) is 0 Å². The normalized spacial score (nSPS) is 23.6. The number of pyridine rings is 1. The molecule has 2 saturated heterocycles. The summed E-state index contributed by atoms with van der Waals surface area (Å²) in [4.78, 5) is 52.0. The minimum Gasteiger partial charge on any atom is -0.449 e. The van der Waals surface area contributed by atoms with Crippen LogP contribution < -0.4 is 4.90 Å². The van der Waals surface area contributed by atoms with Crippen LogP contribution in [0.1, 0.15) is 54.6 Å². The van der Waals surface area contributed by atoms with Gasteiger partial charge in [-0.2, -0.15) is 0 Å². The third-order valence-electron chi connectivity index (χ3n) is 8.21. The van der Waals surface area contributed by atoms with Gasteiger partial charge in [0, 0.05) is 37.8 Å². The number of carbonyl (C=O) groups is 3. The van der Waals surface area contributed by atoms with Crippen LogP contribution in [0.3, 0.4) is 0 Å². The highest BCUT2D eigenvalue weighted by Crippen LogP contribution is 2.52. The molecule has 6 rings (SSSR count). The van der Waals surface area contributed by atoms with E-state index in [9.17, 15) is 14.4 Å². The lowest BCUT2D eigenvalue weighted by atomic mass is 9.91. The maximum Gasteiger partial charge on any atom is 0.527 e. The average molecular weight is 535 g/mol. The maximum absolute atomic E-state index is 13.7. The highest BCUT2D eigenvalue weighted by molar-refractivity contribution is 5.96. The minimum absolute atomic E-state index is 0.0875. The lowest BCUT2D eigenvalue weighted by Crippen LogP contribution is -2.47. The number of aromatic nitrogens is 1. The SMILES string of the molecule is CC(C)COC(=O)ON1CCN(c2ccc(C3(C(=O)N4CCC5(C4)OC(=O)c4ccccc45)CC3)cn2)CC1. The van der Waals surface area contributed by atoms with E-state index in [2.05, 4.69) is 4.90 Å². The van der Waals surface area contributed by atoms with Crippen LogP contribution in [-0.2, 0) is 30.1 Å². The molecule has 2 aromatic rings. The number of hydrogen-bond acceptors (Lipinski definition) is 9. The molecule has 0 N–H and O–H groups in total. The second kappa shape index (κ2) is 9.82. The van der Waals surface area contributed by atoms with Crippen molar-refractivity contribution in [3.8, 4) is 0 Å². The predicted molar refractivity (Wildman–Crippen MR) is 141 cm³/mol. The molecule has 3 fully saturated rings. The van der Waals surface area contributed by atoms with Crippen molar-refractivity contribution in [1.82, 2.24) is 14.9 Å². The molecule has 1 saturated carbocycles. The summed E-state index contributed by atoms with van der Waals surface area (Å²) in [6.45, 7) is 7.64. The molecule has 1 unspecified atom stereocenters.